The summed E-state index contributed by atoms with van der Waals surface area (Å²) in [5.74, 6) is -8.83. The van der Waals surface area contributed by atoms with Gasteiger partial charge in [-0.15, -0.1) is 0 Å². The summed E-state index contributed by atoms with van der Waals surface area (Å²) in [6.45, 7) is 2.67. The molecule has 0 fully saturated rings. The molecule has 1 atom stereocenters. The van der Waals surface area contributed by atoms with Crippen LogP contribution in [0.1, 0.15) is 30.9 Å². The van der Waals surface area contributed by atoms with E-state index in [1.165, 1.54) is 19.1 Å². The Morgan fingerprint density at radius 1 is 1.14 bits per heavy atom. The van der Waals surface area contributed by atoms with Crippen LogP contribution in [0.2, 0.25) is 0 Å². The number of aliphatic carboxylic acids is 1. The van der Waals surface area contributed by atoms with Crippen LogP contribution in [-0.4, -0.2) is 76.6 Å². The molecule has 232 valence electrons. The first-order valence-electron chi connectivity index (χ1n) is 13.3. The second-order valence-electron chi connectivity index (χ2n) is 9.43. The lowest BCUT2D eigenvalue weighted by Crippen LogP contribution is -2.31. The minimum Gasteiger partial charge on any atom is -0.504 e. The molecule has 0 amide bonds. The van der Waals surface area contributed by atoms with Crippen molar-refractivity contribution in [3.05, 3.63) is 65.2 Å². The van der Waals surface area contributed by atoms with E-state index in [0.717, 1.165) is 12.1 Å². The number of hydrogen-bond acceptors (Lipinski definition) is 11. The molecule has 4 rings (SSSR count). The Morgan fingerprint density at radius 3 is 2.50 bits per heavy atom. The van der Waals surface area contributed by atoms with E-state index < -0.39 is 71.5 Å². The Hall–Kier alpha value is -5.47. The van der Waals surface area contributed by atoms with Crippen LogP contribution in [0.3, 0.4) is 0 Å². The lowest BCUT2D eigenvalue weighted by Gasteiger charge is -2.20. The first-order valence-corrected chi connectivity index (χ1v) is 13.3. The van der Waals surface area contributed by atoms with Crippen LogP contribution < -0.4 is 19.9 Å². The highest BCUT2D eigenvalue weighted by atomic mass is 19.1. The number of likely N-dealkylation sites (N-methyl/N-ethyl adjacent to an activating group) is 1. The van der Waals surface area contributed by atoms with Crippen molar-refractivity contribution in [2.75, 3.05) is 26.7 Å². The monoisotopic (exact) mass is 613 g/mol. The summed E-state index contributed by atoms with van der Waals surface area (Å²) in [5, 5.41) is 27.0. The molecule has 0 saturated carbocycles. The number of hydrogen-bond donors (Lipinski definition) is 4. The third kappa shape index (κ3) is 7.29. The van der Waals surface area contributed by atoms with Crippen LogP contribution in [-0.2, 0) is 14.3 Å². The lowest BCUT2D eigenvalue weighted by atomic mass is 10.2. The van der Waals surface area contributed by atoms with Crippen LogP contribution in [0.4, 0.5) is 8.78 Å². The minimum absolute atomic E-state index is 0.0784. The number of nitrogens with one attached hydrogen (secondary N) is 1. The number of aromatic nitrogens is 1. The zero-order valence-corrected chi connectivity index (χ0v) is 23.7. The number of ether oxygens (including phenoxy) is 4. The molecule has 44 heavy (non-hydrogen) atoms. The molecule has 0 radical (unpaired) electrons. The summed E-state index contributed by atoms with van der Waals surface area (Å²) < 4.78 is 53.1. The maximum Gasteiger partial charge on any atom is 0.347 e. The van der Waals surface area contributed by atoms with E-state index in [0.29, 0.717) is 24.5 Å². The van der Waals surface area contributed by atoms with Gasteiger partial charge in [0.2, 0.25) is 17.4 Å². The molecule has 1 aliphatic rings. The van der Waals surface area contributed by atoms with Gasteiger partial charge in [-0.25, -0.2) is 4.79 Å². The molecule has 1 unspecified atom stereocenters. The van der Waals surface area contributed by atoms with E-state index in [2.05, 4.69) is 9.98 Å². The molecule has 0 bridgehead atoms. The Kier molecular flexibility index (Phi) is 9.77. The number of halogens is 2. The number of esters is 1. The normalized spacial score (nSPS) is 13.2. The molecule has 1 aromatic heterocycles. The Bertz CT molecular complexity index is 1620. The number of nitrogens with two attached hydrogens (primary N) is 1. The van der Waals surface area contributed by atoms with Gasteiger partial charge in [0.25, 0.3) is 11.8 Å². The summed E-state index contributed by atoms with van der Waals surface area (Å²) in [5.41, 5.74) is 6.27. The number of carboxylic acid groups (broad SMARTS) is 1. The quantitative estimate of drug-likeness (QED) is 0.125. The highest BCUT2D eigenvalue weighted by Gasteiger charge is 2.31. The molecule has 3 aromatic rings. The van der Waals surface area contributed by atoms with Crippen molar-refractivity contribution >= 4 is 23.6 Å². The number of rotatable bonds is 13. The number of nitrogen functional groups attached to an aromatic ring is 1. The molecule has 0 spiro atoms. The molecular formula is C29H29F2N5O8. The highest BCUT2D eigenvalue weighted by molar-refractivity contribution is 6.00. The first-order chi connectivity index (χ1) is 21.0. The Labute approximate surface area is 250 Å². The predicted octanol–water partition coefficient (Wildman–Crippen LogP) is 3.80. The Balaban J connectivity index is 1.79. The SMILES string of the molecule is CCOC(=O)C(CCC(=O)O)Oc1c(F)c(Oc2cccc(C3=NCCN3C)c2)nc(Oc2cc(C(=N)N)ccc2O)c1F. The molecule has 0 aliphatic carbocycles. The van der Waals surface area contributed by atoms with Crippen LogP contribution in [0.25, 0.3) is 0 Å². The largest absolute Gasteiger partial charge is 0.504 e. The van der Waals surface area contributed by atoms with E-state index in [-0.39, 0.29) is 23.8 Å². The van der Waals surface area contributed by atoms with Crippen molar-refractivity contribution in [3.8, 4) is 34.8 Å². The number of benzene rings is 2. The van der Waals surface area contributed by atoms with Crippen molar-refractivity contribution in [2.45, 2.75) is 25.9 Å². The summed E-state index contributed by atoms with van der Waals surface area (Å²) in [6, 6.07) is 10.0. The number of carbonyl (C=O) groups excluding carboxylic acids is 1. The average molecular weight is 614 g/mol. The van der Waals surface area contributed by atoms with Gasteiger partial charge in [0.1, 0.15) is 17.4 Å². The molecule has 0 saturated heterocycles. The van der Waals surface area contributed by atoms with E-state index in [1.807, 2.05) is 11.9 Å². The zero-order valence-electron chi connectivity index (χ0n) is 23.7. The number of nitrogens with zero attached hydrogens (tertiary/aromatic N) is 3. The van der Waals surface area contributed by atoms with Gasteiger partial charge in [-0.2, -0.15) is 13.8 Å². The molecule has 2 heterocycles. The summed E-state index contributed by atoms with van der Waals surface area (Å²) in [4.78, 5) is 33.9. The van der Waals surface area contributed by atoms with Crippen LogP contribution in [0.5, 0.6) is 34.8 Å². The van der Waals surface area contributed by atoms with E-state index in [1.54, 1.807) is 18.2 Å². The van der Waals surface area contributed by atoms with Crippen molar-refractivity contribution in [3.63, 3.8) is 0 Å². The summed E-state index contributed by atoms with van der Waals surface area (Å²) >= 11 is 0. The van der Waals surface area contributed by atoms with Gasteiger partial charge in [0.15, 0.2) is 17.6 Å². The fourth-order valence-electron chi connectivity index (χ4n) is 4.10. The topological polar surface area (TPSA) is 190 Å². The molecule has 2 aromatic carbocycles. The van der Waals surface area contributed by atoms with Crippen LogP contribution in [0, 0.1) is 17.0 Å². The highest BCUT2D eigenvalue weighted by Crippen LogP contribution is 2.40. The van der Waals surface area contributed by atoms with Gasteiger partial charge in [-0.05, 0) is 37.3 Å². The number of pyridine rings is 1. The molecule has 1 aliphatic heterocycles. The second kappa shape index (κ2) is 13.7. The number of aliphatic imine (C=N–C) groups is 1. The fourth-order valence-corrected chi connectivity index (χ4v) is 4.10. The predicted molar refractivity (Wildman–Crippen MR) is 152 cm³/mol. The van der Waals surface area contributed by atoms with Crippen molar-refractivity contribution in [1.82, 2.24) is 9.88 Å². The van der Waals surface area contributed by atoms with Gasteiger partial charge < -0.3 is 39.8 Å². The molecule has 5 N–H and O–H groups in total. The Morgan fingerprint density at radius 2 is 1.86 bits per heavy atom. The van der Waals surface area contributed by atoms with E-state index in [4.69, 9.17) is 35.2 Å². The number of carbonyl (C=O) groups is 2. The minimum atomic E-state index is -1.73. The van der Waals surface area contributed by atoms with E-state index >= 15 is 8.78 Å². The number of amidine groups is 2. The van der Waals surface area contributed by atoms with Gasteiger partial charge in [-0.3, -0.25) is 15.2 Å². The number of carboxylic acids is 1. The second-order valence-corrected chi connectivity index (χ2v) is 9.43. The van der Waals surface area contributed by atoms with Crippen LogP contribution >= 0.6 is 0 Å². The lowest BCUT2D eigenvalue weighted by molar-refractivity contribution is -0.152. The van der Waals surface area contributed by atoms with Gasteiger partial charge in [0, 0.05) is 37.6 Å². The first kappa shape index (κ1) is 31.5. The maximum atomic E-state index is 15.9. The van der Waals surface area contributed by atoms with Gasteiger partial charge in [-0.1, -0.05) is 12.1 Å². The fraction of sp³-hybridized carbons (Fsp3) is 0.276. The zero-order chi connectivity index (χ0) is 32.0. The summed E-state index contributed by atoms with van der Waals surface area (Å²) in [6.07, 6.45) is -2.80. The number of phenolic OH excluding ortho intramolecular Hbond substituents is 1. The average Bonchev–Trinajstić information content (AvgIpc) is 3.42. The third-order valence-electron chi connectivity index (χ3n) is 6.25. The number of phenols is 1. The number of aromatic hydroxyl groups is 1. The summed E-state index contributed by atoms with van der Waals surface area (Å²) in [7, 11) is 1.86. The van der Waals surface area contributed by atoms with Crippen LogP contribution in [0.15, 0.2) is 47.5 Å². The van der Waals surface area contributed by atoms with Crippen molar-refractivity contribution in [1.29, 1.82) is 5.41 Å². The molecule has 15 heteroatoms. The van der Waals surface area contributed by atoms with Gasteiger partial charge >= 0.3 is 11.9 Å². The van der Waals surface area contributed by atoms with E-state index in [9.17, 15) is 14.7 Å². The van der Waals surface area contributed by atoms with Crippen molar-refractivity contribution < 1.29 is 47.5 Å². The molecular weight excluding hydrogens is 584 g/mol. The standard InChI is InChI=1S/C29H29F2N5O8/c1-3-41-29(40)19(9-10-21(38)39)43-24-22(30)27(42-17-6-4-5-16(13-17)26-34-11-12-36(26)2)35-28(23(24)31)44-20-14-15(25(32)33)7-8-18(20)37/h4-8,13-14,19,37H,3,9-12H2,1-2H3,(H3,32,33)(H,38,39). The molecule has 13 nitrogen and oxygen atoms in total. The third-order valence-corrected chi connectivity index (χ3v) is 6.25. The maximum absolute atomic E-state index is 15.9. The van der Waals surface area contributed by atoms with Crippen molar-refractivity contribution in [2.24, 2.45) is 10.7 Å². The van der Waals surface area contributed by atoms with Gasteiger partial charge in [0.05, 0.1) is 13.2 Å². The smallest absolute Gasteiger partial charge is 0.347 e.